The van der Waals surface area contributed by atoms with Crippen molar-refractivity contribution in [1.29, 1.82) is 0 Å². The molecule has 4 rings (SSSR count). The third-order valence-electron chi connectivity index (χ3n) is 5.82. The van der Waals surface area contributed by atoms with Gasteiger partial charge in [0.05, 0.1) is 12.8 Å². The highest BCUT2D eigenvalue weighted by molar-refractivity contribution is 5.36. The van der Waals surface area contributed by atoms with E-state index >= 15 is 0 Å². The minimum atomic E-state index is 0.223. The summed E-state index contributed by atoms with van der Waals surface area (Å²) in [7, 11) is 1.67. The van der Waals surface area contributed by atoms with Crippen LogP contribution in [0.25, 0.3) is 0 Å². The van der Waals surface area contributed by atoms with Crippen molar-refractivity contribution in [3.8, 4) is 17.5 Å². The molecular weight excluding hydrogens is 354 g/mol. The molecule has 6 heteroatoms. The van der Waals surface area contributed by atoms with Crippen LogP contribution in [-0.4, -0.2) is 48.3 Å². The van der Waals surface area contributed by atoms with E-state index in [4.69, 9.17) is 19.2 Å². The van der Waals surface area contributed by atoms with Crippen LogP contribution in [0.3, 0.4) is 0 Å². The molecule has 0 spiro atoms. The molecule has 150 valence electrons. The molecule has 1 fully saturated rings. The molecule has 4 heterocycles. The highest BCUT2D eigenvalue weighted by Crippen LogP contribution is 2.39. The Kier molecular flexibility index (Phi) is 5.15. The average Bonchev–Trinajstić information content (AvgIpc) is 3.08. The minimum Gasteiger partial charge on any atom is -0.484 e. The zero-order valence-corrected chi connectivity index (χ0v) is 17.2. The fourth-order valence-corrected chi connectivity index (χ4v) is 4.31. The van der Waals surface area contributed by atoms with Crippen LogP contribution in [0.15, 0.2) is 24.3 Å². The standard InChI is InChI=1S/C22H29N3O3/c1-15-11-17(12-20(23-15)26-4)13-22(3)7-8-25(14-22)16(2)18-5-6-19-21(24-18)28-10-9-27-19/h5-6,11-12,16H,7-10,13-14H2,1-4H3/t16-,22-/m0/s1. The Morgan fingerprint density at radius 2 is 2.04 bits per heavy atom. The molecule has 0 amide bonds. The summed E-state index contributed by atoms with van der Waals surface area (Å²) < 4.78 is 16.6. The van der Waals surface area contributed by atoms with Crippen molar-refractivity contribution in [2.75, 3.05) is 33.4 Å². The van der Waals surface area contributed by atoms with Crippen LogP contribution in [0.4, 0.5) is 0 Å². The van der Waals surface area contributed by atoms with Crippen molar-refractivity contribution in [3.05, 3.63) is 41.2 Å². The van der Waals surface area contributed by atoms with Gasteiger partial charge in [-0.05, 0) is 62.4 Å². The highest BCUT2D eigenvalue weighted by atomic mass is 16.6. The van der Waals surface area contributed by atoms with E-state index in [0.717, 1.165) is 43.1 Å². The van der Waals surface area contributed by atoms with Crippen LogP contribution in [0.5, 0.6) is 17.5 Å². The number of likely N-dealkylation sites (tertiary alicyclic amines) is 1. The first-order chi connectivity index (χ1) is 13.5. The third-order valence-corrected chi connectivity index (χ3v) is 5.82. The van der Waals surface area contributed by atoms with Crippen molar-refractivity contribution < 1.29 is 14.2 Å². The summed E-state index contributed by atoms with van der Waals surface area (Å²) >= 11 is 0. The summed E-state index contributed by atoms with van der Waals surface area (Å²) in [6, 6.07) is 8.51. The summed E-state index contributed by atoms with van der Waals surface area (Å²) in [5, 5.41) is 0. The van der Waals surface area contributed by atoms with E-state index in [9.17, 15) is 0 Å². The number of rotatable bonds is 5. The molecule has 0 aromatic carbocycles. The molecule has 2 aliphatic rings. The van der Waals surface area contributed by atoms with E-state index < -0.39 is 0 Å². The quantitative estimate of drug-likeness (QED) is 0.787. The molecule has 0 unspecified atom stereocenters. The van der Waals surface area contributed by atoms with E-state index in [1.54, 1.807) is 7.11 Å². The topological polar surface area (TPSA) is 56.7 Å². The first kappa shape index (κ1) is 19.0. The number of ether oxygens (including phenoxy) is 3. The molecule has 6 nitrogen and oxygen atoms in total. The molecule has 0 saturated carbocycles. The van der Waals surface area contributed by atoms with Gasteiger partial charge in [0.25, 0.3) is 5.88 Å². The number of aryl methyl sites for hydroxylation is 1. The van der Waals surface area contributed by atoms with Gasteiger partial charge >= 0.3 is 0 Å². The molecule has 2 atom stereocenters. The molecule has 0 aliphatic carbocycles. The fourth-order valence-electron chi connectivity index (χ4n) is 4.31. The Morgan fingerprint density at radius 1 is 1.21 bits per heavy atom. The van der Waals surface area contributed by atoms with Crippen molar-refractivity contribution in [2.24, 2.45) is 5.41 Å². The fraction of sp³-hybridized carbons (Fsp3) is 0.545. The lowest BCUT2D eigenvalue weighted by Gasteiger charge is -2.29. The molecule has 0 radical (unpaired) electrons. The Balaban J connectivity index is 1.46. The third kappa shape index (κ3) is 3.92. The van der Waals surface area contributed by atoms with Gasteiger partial charge in [-0.1, -0.05) is 6.92 Å². The van der Waals surface area contributed by atoms with E-state index in [-0.39, 0.29) is 11.5 Å². The highest BCUT2D eigenvalue weighted by Gasteiger charge is 2.36. The summed E-state index contributed by atoms with van der Waals surface area (Å²) in [5.74, 6) is 2.06. The number of aromatic nitrogens is 2. The lowest BCUT2D eigenvalue weighted by atomic mass is 9.83. The predicted octanol–water partition coefficient (Wildman–Crippen LogP) is 3.58. The van der Waals surface area contributed by atoms with Crippen LogP contribution in [0, 0.1) is 12.3 Å². The summed E-state index contributed by atoms with van der Waals surface area (Å²) in [5.41, 5.74) is 3.55. The van der Waals surface area contributed by atoms with Gasteiger partial charge in [0.2, 0.25) is 5.88 Å². The Labute approximate surface area is 166 Å². The zero-order valence-electron chi connectivity index (χ0n) is 17.2. The second-order valence-electron chi connectivity index (χ2n) is 8.28. The van der Waals surface area contributed by atoms with Crippen molar-refractivity contribution in [1.82, 2.24) is 14.9 Å². The van der Waals surface area contributed by atoms with Gasteiger partial charge in [-0.2, -0.15) is 0 Å². The number of fused-ring (bicyclic) bond motifs is 1. The minimum absolute atomic E-state index is 0.223. The molecule has 28 heavy (non-hydrogen) atoms. The van der Waals surface area contributed by atoms with Gasteiger partial charge in [0, 0.05) is 24.3 Å². The van der Waals surface area contributed by atoms with E-state index in [1.165, 1.54) is 5.56 Å². The van der Waals surface area contributed by atoms with Crippen molar-refractivity contribution in [2.45, 2.75) is 39.7 Å². The Bertz CT molecular complexity index is 857. The van der Waals surface area contributed by atoms with E-state index in [2.05, 4.69) is 41.9 Å². The second-order valence-corrected chi connectivity index (χ2v) is 8.28. The van der Waals surface area contributed by atoms with Gasteiger partial charge in [0.1, 0.15) is 13.2 Å². The molecule has 2 aromatic rings. The lowest BCUT2D eigenvalue weighted by Crippen LogP contribution is -2.29. The molecule has 0 bridgehead atoms. The van der Waals surface area contributed by atoms with E-state index in [0.29, 0.717) is 25.0 Å². The zero-order chi connectivity index (χ0) is 19.7. The average molecular weight is 383 g/mol. The normalized spacial score (nSPS) is 22.9. The molecule has 1 saturated heterocycles. The van der Waals surface area contributed by atoms with Gasteiger partial charge in [0.15, 0.2) is 5.75 Å². The van der Waals surface area contributed by atoms with Crippen LogP contribution in [-0.2, 0) is 6.42 Å². The molecule has 0 N–H and O–H groups in total. The number of nitrogens with zero attached hydrogens (tertiary/aromatic N) is 3. The van der Waals surface area contributed by atoms with Gasteiger partial charge < -0.3 is 14.2 Å². The summed E-state index contributed by atoms with van der Waals surface area (Å²) in [6.45, 7) is 9.87. The monoisotopic (exact) mass is 383 g/mol. The SMILES string of the molecule is COc1cc(C[C@]2(C)CCN([C@@H](C)c3ccc4c(n3)OCCO4)C2)cc(C)n1. The maximum absolute atomic E-state index is 5.66. The molecular formula is C22H29N3O3. The van der Waals surface area contributed by atoms with E-state index in [1.807, 2.05) is 13.0 Å². The van der Waals surface area contributed by atoms with Crippen LogP contribution in [0.2, 0.25) is 0 Å². The van der Waals surface area contributed by atoms with Gasteiger partial charge in [-0.3, -0.25) is 4.90 Å². The predicted molar refractivity (Wildman–Crippen MR) is 107 cm³/mol. The number of hydrogen-bond acceptors (Lipinski definition) is 6. The smallest absolute Gasteiger partial charge is 0.257 e. The first-order valence-corrected chi connectivity index (χ1v) is 9.98. The number of pyridine rings is 2. The summed E-state index contributed by atoms with van der Waals surface area (Å²) in [4.78, 5) is 11.6. The van der Waals surface area contributed by atoms with Crippen molar-refractivity contribution in [3.63, 3.8) is 0 Å². The maximum atomic E-state index is 5.66. The summed E-state index contributed by atoms with van der Waals surface area (Å²) in [6.07, 6.45) is 2.18. The van der Waals surface area contributed by atoms with Gasteiger partial charge in [-0.15, -0.1) is 0 Å². The number of hydrogen-bond donors (Lipinski definition) is 0. The van der Waals surface area contributed by atoms with Gasteiger partial charge in [-0.25, -0.2) is 9.97 Å². The largest absolute Gasteiger partial charge is 0.484 e. The second kappa shape index (κ2) is 7.59. The Morgan fingerprint density at radius 3 is 2.86 bits per heavy atom. The van der Waals surface area contributed by atoms with Crippen LogP contribution < -0.4 is 14.2 Å². The maximum Gasteiger partial charge on any atom is 0.257 e. The lowest BCUT2D eigenvalue weighted by molar-refractivity contribution is 0.161. The molecule has 2 aliphatic heterocycles. The number of methoxy groups -OCH3 is 1. The van der Waals surface area contributed by atoms with Crippen LogP contribution >= 0.6 is 0 Å². The first-order valence-electron chi connectivity index (χ1n) is 9.98. The van der Waals surface area contributed by atoms with Crippen molar-refractivity contribution >= 4 is 0 Å². The Hall–Kier alpha value is -2.34. The molecule has 2 aromatic heterocycles. The van der Waals surface area contributed by atoms with Crippen LogP contribution in [0.1, 0.15) is 43.3 Å².